The first kappa shape index (κ1) is 15.6. The Bertz CT molecular complexity index is 881. The van der Waals surface area contributed by atoms with Crippen LogP contribution in [0.3, 0.4) is 0 Å². The Morgan fingerprint density at radius 3 is 2.86 bits per heavy atom. The number of hydrogen-bond acceptors (Lipinski definition) is 3. The Morgan fingerprint density at radius 1 is 1.18 bits per heavy atom. The molecule has 0 fully saturated rings. The molecule has 0 radical (unpaired) electrons. The van der Waals surface area contributed by atoms with Crippen molar-refractivity contribution < 1.29 is 0 Å². The van der Waals surface area contributed by atoms with E-state index in [2.05, 4.69) is 20.9 Å². The van der Waals surface area contributed by atoms with Crippen LogP contribution in [-0.2, 0) is 11.5 Å². The summed E-state index contributed by atoms with van der Waals surface area (Å²) in [6, 6.07) is 13.1. The zero-order chi connectivity index (χ0) is 15.5. The fraction of sp³-hybridized carbons (Fsp3) is 0.125. The van der Waals surface area contributed by atoms with Gasteiger partial charge in [0.2, 0.25) is 0 Å². The number of hydrogen-bond donors (Lipinski definition) is 0. The molecule has 3 nitrogen and oxygen atoms in total. The summed E-state index contributed by atoms with van der Waals surface area (Å²) in [5, 5.41) is 0.741. The predicted molar refractivity (Wildman–Crippen MR) is 95.6 cm³/mol. The van der Waals surface area contributed by atoms with Gasteiger partial charge in [0.15, 0.2) is 0 Å². The van der Waals surface area contributed by atoms with Crippen molar-refractivity contribution in [2.75, 3.05) is 0 Å². The minimum atomic E-state index is -0.0651. The van der Waals surface area contributed by atoms with Gasteiger partial charge >= 0.3 is 0 Å². The fourth-order valence-electron chi connectivity index (χ4n) is 2.10. The van der Waals surface area contributed by atoms with E-state index in [0.717, 1.165) is 20.9 Å². The summed E-state index contributed by atoms with van der Waals surface area (Å²) in [5.41, 5.74) is 2.55. The minimum absolute atomic E-state index is 0.0651. The molecule has 0 saturated heterocycles. The molecule has 2 heterocycles. The van der Waals surface area contributed by atoms with E-state index in [1.54, 1.807) is 24.0 Å². The van der Waals surface area contributed by atoms with Crippen LogP contribution in [-0.4, -0.2) is 9.38 Å². The summed E-state index contributed by atoms with van der Waals surface area (Å²) in [4.78, 5) is 16.6. The van der Waals surface area contributed by atoms with Crippen LogP contribution >= 0.6 is 39.3 Å². The lowest BCUT2D eigenvalue weighted by Crippen LogP contribution is -2.15. The predicted octanol–water partition coefficient (Wildman–Crippen LogP) is 4.54. The van der Waals surface area contributed by atoms with Gasteiger partial charge in [-0.1, -0.05) is 23.7 Å². The molecule has 0 bridgehead atoms. The summed E-state index contributed by atoms with van der Waals surface area (Å²) in [5.74, 6) is 1.52. The highest BCUT2D eigenvalue weighted by Crippen LogP contribution is 2.19. The topological polar surface area (TPSA) is 34.4 Å². The number of fused-ring (bicyclic) bond motifs is 1. The highest BCUT2D eigenvalue weighted by molar-refractivity contribution is 9.10. The van der Waals surface area contributed by atoms with Crippen molar-refractivity contribution in [3.63, 3.8) is 0 Å². The maximum absolute atomic E-state index is 12.1. The van der Waals surface area contributed by atoms with Crippen molar-refractivity contribution in [2.45, 2.75) is 11.5 Å². The average molecular weight is 396 g/mol. The normalized spacial score (nSPS) is 11.0. The zero-order valence-corrected chi connectivity index (χ0v) is 14.7. The molecule has 1 aromatic carbocycles. The Balaban J connectivity index is 1.74. The maximum Gasteiger partial charge on any atom is 0.258 e. The molecule has 0 unspecified atom stereocenters. The Labute approximate surface area is 145 Å². The van der Waals surface area contributed by atoms with E-state index in [9.17, 15) is 4.79 Å². The average Bonchev–Trinajstić information content (AvgIpc) is 2.48. The van der Waals surface area contributed by atoms with Crippen LogP contribution in [0.4, 0.5) is 0 Å². The highest BCUT2D eigenvalue weighted by Gasteiger charge is 2.04. The van der Waals surface area contributed by atoms with Crippen LogP contribution in [0.25, 0.3) is 5.65 Å². The first-order valence-electron chi connectivity index (χ1n) is 6.62. The van der Waals surface area contributed by atoms with E-state index in [4.69, 9.17) is 11.6 Å². The van der Waals surface area contributed by atoms with Gasteiger partial charge in [-0.25, -0.2) is 4.98 Å². The zero-order valence-electron chi connectivity index (χ0n) is 11.5. The third kappa shape index (κ3) is 3.72. The molecule has 3 rings (SSSR count). The number of rotatable bonds is 4. The smallest absolute Gasteiger partial charge is 0.258 e. The Hall–Kier alpha value is -1.30. The summed E-state index contributed by atoms with van der Waals surface area (Å²) in [6.07, 6.45) is 1.73. The quantitative estimate of drug-likeness (QED) is 0.650. The van der Waals surface area contributed by atoms with Crippen molar-refractivity contribution in [1.82, 2.24) is 9.38 Å². The van der Waals surface area contributed by atoms with Gasteiger partial charge in [0.05, 0.1) is 5.69 Å². The number of pyridine rings is 1. The van der Waals surface area contributed by atoms with E-state index in [-0.39, 0.29) is 5.56 Å². The standard InChI is InChI=1S/C16H12BrClN2OS/c17-12-4-5-15-19-14(7-16(21)20(15)8-12)10-22-9-11-2-1-3-13(18)6-11/h1-8H,9-10H2. The van der Waals surface area contributed by atoms with E-state index in [1.165, 1.54) is 9.96 Å². The van der Waals surface area contributed by atoms with Crippen molar-refractivity contribution in [2.24, 2.45) is 0 Å². The molecule has 0 aliphatic carbocycles. The number of thioether (sulfide) groups is 1. The Morgan fingerprint density at radius 2 is 2.05 bits per heavy atom. The van der Waals surface area contributed by atoms with Gasteiger partial charge in [-0.2, -0.15) is 11.8 Å². The van der Waals surface area contributed by atoms with E-state index in [1.807, 2.05) is 36.4 Å². The summed E-state index contributed by atoms with van der Waals surface area (Å²) >= 11 is 11.0. The van der Waals surface area contributed by atoms with Crippen LogP contribution in [0, 0.1) is 0 Å². The van der Waals surface area contributed by atoms with Crippen LogP contribution in [0.15, 0.2) is 57.9 Å². The molecule has 0 atom stereocenters. The number of aromatic nitrogens is 2. The van der Waals surface area contributed by atoms with Gasteiger partial charge in [-0.3, -0.25) is 9.20 Å². The van der Waals surface area contributed by atoms with E-state index in [0.29, 0.717) is 11.4 Å². The largest absolute Gasteiger partial charge is 0.269 e. The van der Waals surface area contributed by atoms with Crippen LogP contribution in [0.1, 0.15) is 11.3 Å². The third-order valence-corrected chi connectivity index (χ3v) is 4.83. The molecule has 3 aromatic rings. The van der Waals surface area contributed by atoms with E-state index >= 15 is 0 Å². The molecule has 0 aliphatic heterocycles. The van der Waals surface area contributed by atoms with Gasteiger partial charge in [-0.15, -0.1) is 0 Å². The van der Waals surface area contributed by atoms with Crippen molar-refractivity contribution >= 4 is 44.9 Å². The molecule has 112 valence electrons. The van der Waals surface area contributed by atoms with Crippen molar-refractivity contribution in [3.05, 3.63) is 79.8 Å². The van der Waals surface area contributed by atoms with Crippen LogP contribution in [0.5, 0.6) is 0 Å². The Kier molecular flexibility index (Phi) is 4.86. The minimum Gasteiger partial charge on any atom is -0.269 e. The number of nitrogens with zero attached hydrogens (tertiary/aromatic N) is 2. The van der Waals surface area contributed by atoms with Gasteiger partial charge in [0.25, 0.3) is 5.56 Å². The van der Waals surface area contributed by atoms with Crippen LogP contribution < -0.4 is 5.56 Å². The monoisotopic (exact) mass is 394 g/mol. The summed E-state index contributed by atoms with van der Waals surface area (Å²) in [6.45, 7) is 0. The van der Waals surface area contributed by atoms with Crippen molar-refractivity contribution in [1.29, 1.82) is 0 Å². The van der Waals surface area contributed by atoms with Gasteiger partial charge in [-0.05, 0) is 45.8 Å². The molecule has 0 saturated carbocycles. The molecule has 0 spiro atoms. The highest BCUT2D eigenvalue weighted by atomic mass is 79.9. The SMILES string of the molecule is O=c1cc(CSCc2cccc(Cl)c2)nc2ccc(Br)cn12. The molecule has 0 aliphatic rings. The van der Waals surface area contributed by atoms with Gasteiger partial charge in [0.1, 0.15) is 5.65 Å². The molecule has 2 aromatic heterocycles. The summed E-state index contributed by atoms with van der Waals surface area (Å²) < 4.78 is 2.39. The number of benzene rings is 1. The van der Waals surface area contributed by atoms with Crippen molar-refractivity contribution in [3.8, 4) is 0 Å². The second-order valence-electron chi connectivity index (χ2n) is 4.78. The van der Waals surface area contributed by atoms with Gasteiger partial charge in [0, 0.05) is 33.3 Å². The van der Waals surface area contributed by atoms with Gasteiger partial charge < -0.3 is 0 Å². The first-order valence-corrected chi connectivity index (χ1v) is 8.94. The lowest BCUT2D eigenvalue weighted by Gasteiger charge is -2.05. The molecular formula is C16H12BrClN2OS. The second kappa shape index (κ2) is 6.86. The third-order valence-electron chi connectivity index (χ3n) is 3.08. The maximum atomic E-state index is 12.1. The fourth-order valence-corrected chi connectivity index (χ4v) is 3.52. The molecule has 22 heavy (non-hydrogen) atoms. The van der Waals surface area contributed by atoms with E-state index < -0.39 is 0 Å². The molecular weight excluding hydrogens is 384 g/mol. The molecule has 6 heteroatoms. The lowest BCUT2D eigenvalue weighted by atomic mass is 10.2. The lowest BCUT2D eigenvalue weighted by molar-refractivity contribution is 1.01. The summed E-state index contributed by atoms with van der Waals surface area (Å²) in [7, 11) is 0. The number of halogens is 2. The molecule has 0 amide bonds. The first-order chi connectivity index (χ1) is 10.6. The second-order valence-corrected chi connectivity index (χ2v) is 7.12. The van der Waals surface area contributed by atoms with Crippen LogP contribution in [0.2, 0.25) is 5.02 Å². The molecule has 0 N–H and O–H groups in total.